The minimum atomic E-state index is -0.375. The van der Waals surface area contributed by atoms with Crippen LogP contribution in [0.1, 0.15) is 11.1 Å². The molecule has 0 spiro atoms. The van der Waals surface area contributed by atoms with Gasteiger partial charge in [-0.15, -0.1) is 0 Å². The predicted octanol–water partition coefficient (Wildman–Crippen LogP) is 4.93. The lowest BCUT2D eigenvalue weighted by Gasteiger charge is -2.12. The quantitative estimate of drug-likeness (QED) is 0.417. The van der Waals surface area contributed by atoms with E-state index in [0.29, 0.717) is 11.8 Å². The zero-order chi connectivity index (χ0) is 19.7. The number of methoxy groups -OCH3 is 1. The van der Waals surface area contributed by atoms with Crippen molar-refractivity contribution in [1.82, 2.24) is 9.97 Å². The molecule has 2 aromatic carbocycles. The van der Waals surface area contributed by atoms with Crippen molar-refractivity contribution in [3.05, 3.63) is 91.9 Å². The lowest BCUT2D eigenvalue weighted by Crippen LogP contribution is -2.09. The number of nitrogens with zero attached hydrogens (tertiary/aromatic N) is 1. The molecule has 28 heavy (non-hydrogen) atoms. The Labute approximate surface area is 174 Å². The van der Waals surface area contributed by atoms with E-state index in [4.69, 9.17) is 4.74 Å². The maximum Gasteiger partial charge on any atom is 0.256 e. The average Bonchev–Trinajstić information content (AvgIpc) is 2.70. The van der Waals surface area contributed by atoms with Gasteiger partial charge in [-0.1, -0.05) is 24.3 Å². The van der Waals surface area contributed by atoms with Gasteiger partial charge in [-0.2, -0.15) is 0 Å². The Morgan fingerprint density at radius 2 is 2.04 bits per heavy atom. The van der Waals surface area contributed by atoms with Crippen molar-refractivity contribution < 1.29 is 9.13 Å². The lowest BCUT2D eigenvalue weighted by atomic mass is 9.95. The summed E-state index contributed by atoms with van der Waals surface area (Å²) >= 11 is 2.22. The number of H-pyrrole nitrogens is 1. The Hall–Kier alpha value is -2.74. The molecule has 0 amide bonds. The number of pyridine rings is 2. The van der Waals surface area contributed by atoms with Crippen LogP contribution in [0.15, 0.2) is 65.8 Å². The standard InChI is InChI=1S/C22H16FIN2O2/c1-28-20-6-5-14(9-19(20)24)17-3-2-4-18-15(11-26-22(27)21(17)18)7-13-8-16(23)12-25-10-13/h2-6,8-12H,7H2,1H3,(H,26,27). The third-order valence-electron chi connectivity index (χ3n) is 4.63. The van der Waals surface area contributed by atoms with Crippen LogP contribution in [0.4, 0.5) is 4.39 Å². The van der Waals surface area contributed by atoms with E-state index in [2.05, 4.69) is 32.6 Å². The topological polar surface area (TPSA) is 55.0 Å². The number of rotatable bonds is 4. The first kappa shape index (κ1) is 18.6. The van der Waals surface area contributed by atoms with Crippen molar-refractivity contribution in [1.29, 1.82) is 0 Å². The number of nitrogens with one attached hydrogen (secondary N) is 1. The van der Waals surface area contributed by atoms with E-state index in [9.17, 15) is 9.18 Å². The largest absolute Gasteiger partial charge is 0.496 e. The Morgan fingerprint density at radius 3 is 2.79 bits per heavy atom. The van der Waals surface area contributed by atoms with Crippen molar-refractivity contribution in [3.8, 4) is 16.9 Å². The minimum Gasteiger partial charge on any atom is -0.496 e. The van der Waals surface area contributed by atoms with Gasteiger partial charge in [0.25, 0.3) is 5.56 Å². The molecule has 2 aromatic heterocycles. The van der Waals surface area contributed by atoms with Crippen molar-refractivity contribution in [2.24, 2.45) is 0 Å². The molecule has 4 aromatic rings. The molecule has 1 N–H and O–H groups in total. The summed E-state index contributed by atoms with van der Waals surface area (Å²) in [5.74, 6) is 0.414. The third-order valence-corrected chi connectivity index (χ3v) is 5.48. The third kappa shape index (κ3) is 3.52. The molecule has 6 heteroatoms. The van der Waals surface area contributed by atoms with E-state index in [1.54, 1.807) is 19.5 Å². The van der Waals surface area contributed by atoms with E-state index in [1.165, 1.54) is 12.3 Å². The van der Waals surface area contributed by atoms with E-state index in [1.807, 2.05) is 36.4 Å². The second-order valence-electron chi connectivity index (χ2n) is 6.41. The van der Waals surface area contributed by atoms with Crippen LogP contribution < -0.4 is 10.3 Å². The summed E-state index contributed by atoms with van der Waals surface area (Å²) in [5.41, 5.74) is 3.28. The molecule has 0 aliphatic rings. The summed E-state index contributed by atoms with van der Waals surface area (Å²) in [7, 11) is 1.63. The molecule has 0 unspecified atom stereocenters. The number of fused-ring (bicyclic) bond motifs is 1. The first-order valence-electron chi connectivity index (χ1n) is 8.63. The molecule has 0 fully saturated rings. The Bertz CT molecular complexity index is 1240. The minimum absolute atomic E-state index is 0.155. The molecule has 0 radical (unpaired) electrons. The Balaban J connectivity index is 1.88. The SMILES string of the molecule is COc1ccc(-c2cccc3c(Cc4cncc(F)c4)c[nH]c(=O)c23)cc1I. The fourth-order valence-corrected chi connectivity index (χ4v) is 4.10. The number of hydrogen-bond donors (Lipinski definition) is 1. The first-order valence-corrected chi connectivity index (χ1v) is 9.71. The summed E-state index contributed by atoms with van der Waals surface area (Å²) in [6.07, 6.45) is 4.98. The van der Waals surface area contributed by atoms with Crippen molar-refractivity contribution in [3.63, 3.8) is 0 Å². The zero-order valence-corrected chi connectivity index (χ0v) is 17.2. The van der Waals surface area contributed by atoms with Crippen molar-refractivity contribution in [2.45, 2.75) is 6.42 Å². The van der Waals surface area contributed by atoms with Crippen LogP contribution in [0.3, 0.4) is 0 Å². The van der Waals surface area contributed by atoms with Gasteiger partial charge < -0.3 is 9.72 Å². The fourth-order valence-electron chi connectivity index (χ4n) is 3.36. The molecule has 0 aliphatic carbocycles. The number of halogens is 2. The predicted molar refractivity (Wildman–Crippen MR) is 116 cm³/mol. The van der Waals surface area contributed by atoms with Crippen LogP contribution >= 0.6 is 22.6 Å². The van der Waals surface area contributed by atoms with Crippen LogP contribution in [0.2, 0.25) is 0 Å². The summed E-state index contributed by atoms with van der Waals surface area (Å²) in [4.78, 5) is 19.4. The first-order chi connectivity index (χ1) is 13.6. The van der Waals surface area contributed by atoms with Gasteiger partial charge >= 0.3 is 0 Å². The maximum atomic E-state index is 13.5. The summed E-state index contributed by atoms with van der Waals surface area (Å²) in [6.45, 7) is 0. The summed E-state index contributed by atoms with van der Waals surface area (Å²) in [5, 5.41) is 1.46. The molecule has 0 saturated carbocycles. The van der Waals surface area contributed by atoms with Gasteiger partial charge in [0.15, 0.2) is 0 Å². The van der Waals surface area contributed by atoms with E-state index < -0.39 is 0 Å². The van der Waals surface area contributed by atoms with Crippen LogP contribution in [-0.2, 0) is 6.42 Å². The van der Waals surface area contributed by atoms with Crippen LogP contribution in [0, 0.1) is 9.39 Å². The molecule has 0 saturated heterocycles. The monoisotopic (exact) mass is 486 g/mol. The fraction of sp³-hybridized carbons (Fsp3) is 0.0909. The number of aromatic nitrogens is 2. The molecule has 140 valence electrons. The molecule has 4 rings (SSSR count). The van der Waals surface area contributed by atoms with Crippen molar-refractivity contribution in [2.75, 3.05) is 7.11 Å². The van der Waals surface area contributed by atoms with Gasteiger partial charge in [-0.25, -0.2) is 4.39 Å². The van der Waals surface area contributed by atoms with Crippen LogP contribution in [0.5, 0.6) is 5.75 Å². The van der Waals surface area contributed by atoms with Gasteiger partial charge in [-0.3, -0.25) is 9.78 Å². The molecule has 0 aliphatic heterocycles. The van der Waals surface area contributed by atoms with Gasteiger partial charge in [0, 0.05) is 18.8 Å². The number of hydrogen-bond acceptors (Lipinski definition) is 3. The highest BCUT2D eigenvalue weighted by Crippen LogP contribution is 2.32. The molecule has 2 heterocycles. The Morgan fingerprint density at radius 1 is 1.18 bits per heavy atom. The summed E-state index contributed by atoms with van der Waals surface area (Å²) < 4.78 is 19.8. The second-order valence-corrected chi connectivity index (χ2v) is 7.57. The van der Waals surface area contributed by atoms with E-state index >= 15 is 0 Å². The number of aromatic amines is 1. The molecule has 0 atom stereocenters. The van der Waals surface area contributed by atoms with Gasteiger partial charge in [0.1, 0.15) is 11.6 Å². The highest BCUT2D eigenvalue weighted by atomic mass is 127. The summed E-state index contributed by atoms with van der Waals surface area (Å²) in [6, 6.07) is 13.1. The van der Waals surface area contributed by atoms with Gasteiger partial charge in [0.2, 0.25) is 0 Å². The maximum absolute atomic E-state index is 13.5. The van der Waals surface area contributed by atoms with Crippen molar-refractivity contribution >= 4 is 33.4 Å². The molecular weight excluding hydrogens is 470 g/mol. The van der Waals surface area contributed by atoms with Crippen LogP contribution in [0.25, 0.3) is 21.9 Å². The highest BCUT2D eigenvalue weighted by Gasteiger charge is 2.13. The van der Waals surface area contributed by atoms with E-state index in [-0.39, 0.29) is 11.4 Å². The van der Waals surface area contributed by atoms with Gasteiger partial charge in [0.05, 0.1) is 22.3 Å². The molecule has 0 bridgehead atoms. The molecule has 4 nitrogen and oxygen atoms in total. The second kappa shape index (κ2) is 7.71. The van der Waals surface area contributed by atoms with Crippen LogP contribution in [-0.4, -0.2) is 17.1 Å². The average molecular weight is 486 g/mol. The Kier molecular flexibility index (Phi) is 5.13. The molecular formula is C22H16FIN2O2. The van der Waals surface area contributed by atoms with E-state index in [0.717, 1.165) is 37.0 Å². The highest BCUT2D eigenvalue weighted by molar-refractivity contribution is 14.1. The lowest BCUT2D eigenvalue weighted by molar-refractivity contribution is 0.412. The number of benzene rings is 2. The number of ether oxygens (including phenoxy) is 1. The normalized spacial score (nSPS) is 11.0. The van der Waals surface area contributed by atoms with Gasteiger partial charge in [-0.05, 0) is 68.4 Å². The smallest absolute Gasteiger partial charge is 0.256 e. The zero-order valence-electron chi connectivity index (χ0n) is 15.0.